The Hall–Kier alpha value is -2.47. The van der Waals surface area contributed by atoms with Crippen LogP contribution in [0.5, 0.6) is 0 Å². The molecule has 2 aromatic heterocycles. The quantitative estimate of drug-likeness (QED) is 0.563. The number of esters is 1. The van der Waals surface area contributed by atoms with Crippen molar-refractivity contribution in [2.75, 3.05) is 6.61 Å². The SMILES string of the molecule is CCOC(=O)c1ccc(Cn2cnc3sc4c(c3c2=O)CC[C@@H](C(C)(C)C)C4)cc1. The highest BCUT2D eigenvalue weighted by atomic mass is 32.1. The van der Waals surface area contributed by atoms with Crippen LogP contribution in [0.25, 0.3) is 10.2 Å². The zero-order valence-electron chi connectivity index (χ0n) is 18.0. The number of fused-ring (bicyclic) bond motifs is 3. The van der Waals surface area contributed by atoms with Crippen molar-refractivity contribution < 1.29 is 9.53 Å². The Morgan fingerprint density at radius 1 is 1.27 bits per heavy atom. The predicted octanol–water partition coefficient (Wildman–Crippen LogP) is 4.83. The highest BCUT2D eigenvalue weighted by Crippen LogP contribution is 2.41. The minimum atomic E-state index is -0.331. The molecule has 0 spiro atoms. The van der Waals surface area contributed by atoms with Crippen LogP contribution >= 0.6 is 11.3 Å². The lowest BCUT2D eigenvalue weighted by Gasteiger charge is -2.33. The minimum absolute atomic E-state index is 0.0289. The fourth-order valence-corrected chi connectivity index (χ4v) is 5.47. The number of rotatable bonds is 4. The molecule has 0 N–H and O–H groups in total. The highest BCUT2D eigenvalue weighted by Gasteiger charge is 2.31. The summed E-state index contributed by atoms with van der Waals surface area (Å²) in [6.07, 6.45) is 4.75. The van der Waals surface area contributed by atoms with Gasteiger partial charge in [0.1, 0.15) is 4.83 Å². The molecule has 1 aliphatic rings. The van der Waals surface area contributed by atoms with E-state index >= 15 is 0 Å². The number of aromatic nitrogens is 2. The minimum Gasteiger partial charge on any atom is -0.462 e. The number of hydrogen-bond donors (Lipinski definition) is 0. The Morgan fingerprint density at radius 2 is 2.00 bits per heavy atom. The molecule has 0 saturated heterocycles. The van der Waals surface area contributed by atoms with Crippen LogP contribution in [-0.4, -0.2) is 22.1 Å². The fraction of sp³-hybridized carbons (Fsp3) is 0.458. The normalized spacial score (nSPS) is 16.5. The molecule has 0 amide bonds. The number of benzene rings is 1. The highest BCUT2D eigenvalue weighted by molar-refractivity contribution is 7.18. The second kappa shape index (κ2) is 7.99. The van der Waals surface area contributed by atoms with Gasteiger partial charge in [-0.25, -0.2) is 9.78 Å². The molecule has 0 aliphatic heterocycles. The summed E-state index contributed by atoms with van der Waals surface area (Å²) in [4.78, 5) is 31.9. The van der Waals surface area contributed by atoms with Crippen molar-refractivity contribution in [3.8, 4) is 0 Å². The van der Waals surface area contributed by atoms with Crippen LogP contribution < -0.4 is 5.56 Å². The van der Waals surface area contributed by atoms with E-state index in [0.717, 1.165) is 35.0 Å². The van der Waals surface area contributed by atoms with Crippen LogP contribution in [0.15, 0.2) is 35.4 Å². The number of nitrogens with zero attached hydrogens (tertiary/aromatic N) is 2. The summed E-state index contributed by atoms with van der Waals surface area (Å²) in [5.74, 6) is 0.306. The molecule has 6 heteroatoms. The van der Waals surface area contributed by atoms with Crippen LogP contribution in [-0.2, 0) is 24.1 Å². The Bertz CT molecular complexity index is 1140. The Labute approximate surface area is 180 Å². The second-order valence-corrected chi connectivity index (χ2v) is 10.2. The monoisotopic (exact) mass is 424 g/mol. The summed E-state index contributed by atoms with van der Waals surface area (Å²) in [5, 5.41) is 0.799. The van der Waals surface area contributed by atoms with Gasteiger partial charge in [0, 0.05) is 4.88 Å². The first-order valence-electron chi connectivity index (χ1n) is 10.5. The van der Waals surface area contributed by atoms with Gasteiger partial charge in [-0.3, -0.25) is 9.36 Å². The van der Waals surface area contributed by atoms with E-state index < -0.39 is 0 Å². The van der Waals surface area contributed by atoms with Crippen LogP contribution in [0.1, 0.15) is 60.5 Å². The summed E-state index contributed by atoms with van der Waals surface area (Å²) in [7, 11) is 0. The molecule has 1 atom stereocenters. The lowest BCUT2D eigenvalue weighted by molar-refractivity contribution is 0.0526. The zero-order valence-corrected chi connectivity index (χ0v) is 18.8. The summed E-state index contributed by atoms with van der Waals surface area (Å²) in [5.41, 5.74) is 2.98. The Balaban J connectivity index is 1.62. The zero-order chi connectivity index (χ0) is 21.5. The van der Waals surface area contributed by atoms with Gasteiger partial charge in [-0.2, -0.15) is 0 Å². The summed E-state index contributed by atoms with van der Waals surface area (Å²) in [6.45, 7) is 9.47. The number of carbonyl (C=O) groups excluding carboxylic acids is 1. The van der Waals surface area contributed by atoms with Gasteiger partial charge in [0.05, 0.1) is 30.4 Å². The number of hydrogen-bond acceptors (Lipinski definition) is 5. The molecule has 4 rings (SSSR count). The van der Waals surface area contributed by atoms with E-state index in [1.165, 1.54) is 10.4 Å². The summed E-state index contributed by atoms with van der Waals surface area (Å²) in [6, 6.07) is 7.20. The first-order valence-corrected chi connectivity index (χ1v) is 11.3. The molecule has 0 fully saturated rings. The molecule has 158 valence electrons. The van der Waals surface area contributed by atoms with Gasteiger partial charge in [0.15, 0.2) is 0 Å². The topological polar surface area (TPSA) is 61.2 Å². The van der Waals surface area contributed by atoms with Crippen LogP contribution in [0.4, 0.5) is 0 Å². The standard InChI is InChI=1S/C24H28N2O3S/c1-5-29-23(28)16-8-6-15(7-9-16)13-26-14-25-21-20(22(26)27)18-11-10-17(24(2,3)4)12-19(18)30-21/h6-9,14,17H,5,10-13H2,1-4H3/t17-/m1/s1. The van der Waals surface area contributed by atoms with Crippen LogP contribution in [0.3, 0.4) is 0 Å². The number of aryl methyl sites for hydroxylation is 1. The maximum atomic E-state index is 13.3. The predicted molar refractivity (Wildman–Crippen MR) is 120 cm³/mol. The van der Waals surface area contributed by atoms with Crippen molar-refractivity contribution in [1.82, 2.24) is 9.55 Å². The third kappa shape index (κ3) is 3.93. The van der Waals surface area contributed by atoms with Gasteiger partial charge < -0.3 is 4.74 Å². The molecule has 1 aliphatic carbocycles. The van der Waals surface area contributed by atoms with E-state index in [-0.39, 0.29) is 16.9 Å². The van der Waals surface area contributed by atoms with Crippen molar-refractivity contribution in [2.45, 2.75) is 53.5 Å². The second-order valence-electron chi connectivity index (χ2n) is 9.08. The van der Waals surface area contributed by atoms with E-state index in [4.69, 9.17) is 4.74 Å². The van der Waals surface area contributed by atoms with Gasteiger partial charge in [0.2, 0.25) is 0 Å². The molecule has 0 radical (unpaired) electrons. The molecule has 1 aromatic carbocycles. The molecule has 3 aromatic rings. The van der Waals surface area contributed by atoms with Gasteiger partial charge in [-0.1, -0.05) is 32.9 Å². The Morgan fingerprint density at radius 3 is 2.67 bits per heavy atom. The first kappa shape index (κ1) is 20.8. The number of carbonyl (C=O) groups is 1. The van der Waals surface area contributed by atoms with Crippen LogP contribution in [0, 0.1) is 11.3 Å². The summed E-state index contributed by atoms with van der Waals surface area (Å²) >= 11 is 1.68. The molecule has 0 unspecified atom stereocenters. The van der Waals surface area contributed by atoms with Crippen molar-refractivity contribution in [1.29, 1.82) is 0 Å². The molecular weight excluding hydrogens is 396 g/mol. The lowest BCUT2D eigenvalue weighted by Crippen LogP contribution is -2.27. The first-order chi connectivity index (χ1) is 14.3. The van der Waals surface area contributed by atoms with E-state index in [0.29, 0.717) is 24.6 Å². The molecule has 5 nitrogen and oxygen atoms in total. The van der Waals surface area contributed by atoms with E-state index in [2.05, 4.69) is 25.8 Å². The van der Waals surface area contributed by atoms with Gasteiger partial charge in [-0.05, 0) is 60.8 Å². The van der Waals surface area contributed by atoms with Crippen molar-refractivity contribution in [3.05, 3.63) is 62.5 Å². The Kier molecular flexibility index (Phi) is 5.53. The van der Waals surface area contributed by atoms with E-state index in [1.807, 2.05) is 12.1 Å². The molecule has 0 bridgehead atoms. The smallest absolute Gasteiger partial charge is 0.338 e. The maximum Gasteiger partial charge on any atom is 0.338 e. The number of thiophene rings is 1. The molecule has 30 heavy (non-hydrogen) atoms. The third-order valence-corrected chi connectivity index (χ3v) is 7.24. The van der Waals surface area contributed by atoms with Crippen molar-refractivity contribution in [3.63, 3.8) is 0 Å². The van der Waals surface area contributed by atoms with Gasteiger partial charge in [-0.15, -0.1) is 11.3 Å². The van der Waals surface area contributed by atoms with E-state index in [1.54, 1.807) is 41.3 Å². The number of ether oxygens (including phenoxy) is 1. The average molecular weight is 425 g/mol. The maximum absolute atomic E-state index is 13.3. The molecular formula is C24H28N2O3S. The summed E-state index contributed by atoms with van der Waals surface area (Å²) < 4.78 is 6.69. The van der Waals surface area contributed by atoms with Crippen LogP contribution in [0.2, 0.25) is 0 Å². The molecule has 2 heterocycles. The van der Waals surface area contributed by atoms with Crippen molar-refractivity contribution in [2.24, 2.45) is 11.3 Å². The molecule has 0 saturated carbocycles. The lowest BCUT2D eigenvalue weighted by atomic mass is 9.72. The third-order valence-electron chi connectivity index (χ3n) is 6.08. The van der Waals surface area contributed by atoms with Gasteiger partial charge >= 0.3 is 5.97 Å². The van der Waals surface area contributed by atoms with Gasteiger partial charge in [0.25, 0.3) is 5.56 Å². The van der Waals surface area contributed by atoms with Crippen molar-refractivity contribution >= 4 is 27.5 Å². The fourth-order valence-electron chi connectivity index (χ4n) is 4.21. The average Bonchev–Trinajstić information content (AvgIpc) is 3.08. The largest absolute Gasteiger partial charge is 0.462 e. The van der Waals surface area contributed by atoms with E-state index in [9.17, 15) is 9.59 Å².